The van der Waals surface area contributed by atoms with Crippen LogP contribution in [0.5, 0.6) is 11.5 Å². The summed E-state index contributed by atoms with van der Waals surface area (Å²) in [6.45, 7) is 4.50. The number of aromatic nitrogens is 2. The van der Waals surface area contributed by atoms with E-state index < -0.39 is 5.25 Å². The Morgan fingerprint density at radius 2 is 1.86 bits per heavy atom. The largest absolute Gasteiger partial charge is 0.454 e. The summed E-state index contributed by atoms with van der Waals surface area (Å²) in [5.41, 5.74) is 3.30. The number of fused-ring (bicyclic) bond motifs is 2. The average molecular weight is 502 g/mol. The minimum absolute atomic E-state index is 0.118. The number of thioether (sulfide) groups is 1. The second-order valence-corrected chi connectivity index (χ2v) is 9.85. The molecule has 3 aromatic carbocycles. The molecule has 0 saturated carbocycles. The quantitative estimate of drug-likeness (QED) is 0.264. The van der Waals surface area contributed by atoms with Gasteiger partial charge in [0.2, 0.25) is 12.7 Å². The van der Waals surface area contributed by atoms with Gasteiger partial charge in [0.1, 0.15) is 0 Å². The van der Waals surface area contributed by atoms with Crippen LogP contribution in [0.2, 0.25) is 0 Å². The number of carbonyl (C=O) groups excluding carboxylic acids is 1. The molecule has 36 heavy (non-hydrogen) atoms. The number of benzene rings is 3. The topological polar surface area (TPSA) is 82.5 Å². The Morgan fingerprint density at radius 1 is 1.08 bits per heavy atom. The molecule has 0 aliphatic carbocycles. The van der Waals surface area contributed by atoms with Gasteiger partial charge in [0.25, 0.3) is 5.56 Å². The Labute approximate surface area is 213 Å². The van der Waals surface area contributed by atoms with Crippen molar-refractivity contribution in [2.24, 2.45) is 0 Å². The van der Waals surface area contributed by atoms with E-state index in [0.717, 1.165) is 16.8 Å². The molecule has 2 heterocycles. The SMILES string of the molecule is CCC(Sc1nc2cc3c(cc2c(=O)n1CCc1ccccc1)OCO3)C(=O)Nc1cccc(C)c1. The van der Waals surface area contributed by atoms with Crippen molar-refractivity contribution in [2.45, 2.75) is 43.6 Å². The van der Waals surface area contributed by atoms with Crippen LogP contribution in [0.15, 0.2) is 76.7 Å². The monoisotopic (exact) mass is 501 g/mol. The van der Waals surface area contributed by atoms with Crippen LogP contribution in [0.25, 0.3) is 10.9 Å². The predicted octanol–water partition coefficient (Wildman–Crippen LogP) is 5.19. The second kappa shape index (κ2) is 10.5. The molecular weight excluding hydrogens is 474 g/mol. The molecule has 1 atom stereocenters. The van der Waals surface area contributed by atoms with Gasteiger partial charge in [-0.25, -0.2) is 4.98 Å². The van der Waals surface area contributed by atoms with Crippen LogP contribution in [0.1, 0.15) is 24.5 Å². The second-order valence-electron chi connectivity index (χ2n) is 8.68. The molecule has 4 aromatic rings. The van der Waals surface area contributed by atoms with Gasteiger partial charge in [0.15, 0.2) is 16.7 Å². The molecule has 0 fully saturated rings. The summed E-state index contributed by atoms with van der Waals surface area (Å²) in [6.07, 6.45) is 1.24. The van der Waals surface area contributed by atoms with E-state index in [-0.39, 0.29) is 18.3 Å². The highest BCUT2D eigenvalue weighted by molar-refractivity contribution is 8.00. The van der Waals surface area contributed by atoms with E-state index in [1.54, 1.807) is 16.7 Å². The van der Waals surface area contributed by atoms with E-state index in [9.17, 15) is 9.59 Å². The first-order valence-electron chi connectivity index (χ1n) is 11.9. The number of hydrogen-bond acceptors (Lipinski definition) is 6. The maximum absolute atomic E-state index is 13.7. The molecule has 8 heteroatoms. The molecule has 0 saturated heterocycles. The third-order valence-corrected chi connectivity index (χ3v) is 7.43. The Hall–Kier alpha value is -3.78. The minimum Gasteiger partial charge on any atom is -0.454 e. The summed E-state index contributed by atoms with van der Waals surface area (Å²) in [6, 6.07) is 21.1. The zero-order chi connectivity index (χ0) is 25.1. The number of amides is 1. The van der Waals surface area contributed by atoms with Crippen molar-refractivity contribution in [1.82, 2.24) is 9.55 Å². The first-order valence-corrected chi connectivity index (χ1v) is 12.8. The van der Waals surface area contributed by atoms with E-state index in [1.807, 2.05) is 68.4 Å². The Balaban J connectivity index is 1.49. The molecule has 184 valence electrons. The molecule has 7 nitrogen and oxygen atoms in total. The zero-order valence-electron chi connectivity index (χ0n) is 20.2. The third-order valence-electron chi connectivity index (χ3n) is 6.08. The molecule has 1 aliphatic heterocycles. The van der Waals surface area contributed by atoms with Crippen molar-refractivity contribution in [1.29, 1.82) is 0 Å². The first kappa shape index (κ1) is 23.9. The van der Waals surface area contributed by atoms with E-state index in [1.165, 1.54) is 11.8 Å². The summed E-state index contributed by atoms with van der Waals surface area (Å²) in [7, 11) is 0. The van der Waals surface area contributed by atoms with Crippen LogP contribution in [0.4, 0.5) is 5.69 Å². The van der Waals surface area contributed by atoms with Gasteiger partial charge in [-0.05, 0) is 49.1 Å². The first-order chi connectivity index (χ1) is 17.5. The van der Waals surface area contributed by atoms with Crippen molar-refractivity contribution >= 4 is 34.3 Å². The van der Waals surface area contributed by atoms with Crippen LogP contribution in [0, 0.1) is 6.92 Å². The normalized spacial score (nSPS) is 13.1. The number of rotatable bonds is 8. The van der Waals surface area contributed by atoms with Gasteiger partial charge in [-0.15, -0.1) is 0 Å². The maximum Gasteiger partial charge on any atom is 0.262 e. The number of nitrogens with zero attached hydrogens (tertiary/aromatic N) is 2. The minimum atomic E-state index is -0.424. The molecule has 0 bridgehead atoms. The molecule has 1 unspecified atom stereocenters. The Morgan fingerprint density at radius 3 is 2.61 bits per heavy atom. The highest BCUT2D eigenvalue weighted by atomic mass is 32.2. The lowest BCUT2D eigenvalue weighted by atomic mass is 10.1. The van der Waals surface area contributed by atoms with Crippen molar-refractivity contribution in [3.63, 3.8) is 0 Å². The lowest BCUT2D eigenvalue weighted by Crippen LogP contribution is -2.28. The standard InChI is InChI=1S/C28H27N3O4S/c1-3-25(26(32)29-20-11-7-8-18(2)14-20)36-28-30-22-16-24-23(34-17-35-24)15-21(22)27(33)31(28)13-12-19-9-5-4-6-10-19/h4-11,14-16,25H,3,12-13,17H2,1-2H3,(H,29,32). The van der Waals surface area contributed by atoms with Crippen molar-refractivity contribution < 1.29 is 14.3 Å². The Bertz CT molecular complexity index is 1470. The molecule has 1 N–H and O–H groups in total. The molecule has 5 rings (SSSR count). The molecule has 1 amide bonds. The van der Waals surface area contributed by atoms with E-state index in [2.05, 4.69) is 5.32 Å². The third kappa shape index (κ3) is 5.09. The van der Waals surface area contributed by atoms with Gasteiger partial charge in [-0.3, -0.25) is 14.2 Å². The van der Waals surface area contributed by atoms with E-state index in [4.69, 9.17) is 14.5 Å². The van der Waals surface area contributed by atoms with Crippen LogP contribution in [-0.2, 0) is 17.8 Å². The number of aryl methyl sites for hydroxylation is 2. The maximum atomic E-state index is 13.7. The molecule has 0 radical (unpaired) electrons. The van der Waals surface area contributed by atoms with Gasteiger partial charge in [-0.2, -0.15) is 0 Å². The van der Waals surface area contributed by atoms with Gasteiger partial charge >= 0.3 is 0 Å². The van der Waals surface area contributed by atoms with E-state index in [0.29, 0.717) is 46.9 Å². The highest BCUT2D eigenvalue weighted by Crippen LogP contribution is 2.35. The summed E-state index contributed by atoms with van der Waals surface area (Å²) < 4.78 is 12.7. The fourth-order valence-electron chi connectivity index (χ4n) is 4.16. The molecule has 0 spiro atoms. The van der Waals surface area contributed by atoms with E-state index >= 15 is 0 Å². The van der Waals surface area contributed by atoms with Crippen molar-refractivity contribution in [2.75, 3.05) is 12.1 Å². The van der Waals surface area contributed by atoms with Crippen LogP contribution >= 0.6 is 11.8 Å². The van der Waals surface area contributed by atoms with Crippen molar-refractivity contribution in [3.8, 4) is 11.5 Å². The number of ether oxygens (including phenoxy) is 2. The van der Waals surface area contributed by atoms with Crippen LogP contribution in [0.3, 0.4) is 0 Å². The lowest BCUT2D eigenvalue weighted by molar-refractivity contribution is -0.115. The smallest absolute Gasteiger partial charge is 0.262 e. The average Bonchev–Trinajstić information content (AvgIpc) is 3.34. The number of anilines is 1. The predicted molar refractivity (Wildman–Crippen MR) is 142 cm³/mol. The highest BCUT2D eigenvalue weighted by Gasteiger charge is 2.24. The van der Waals surface area contributed by atoms with Crippen LogP contribution in [-0.4, -0.2) is 27.5 Å². The van der Waals surface area contributed by atoms with Gasteiger partial charge in [0.05, 0.1) is 16.2 Å². The van der Waals surface area contributed by atoms with Crippen LogP contribution < -0.4 is 20.3 Å². The fourth-order valence-corrected chi connectivity index (χ4v) is 5.20. The van der Waals surface area contributed by atoms with Gasteiger partial charge < -0.3 is 14.8 Å². The molecule has 1 aromatic heterocycles. The number of carbonyl (C=O) groups is 1. The lowest BCUT2D eigenvalue weighted by Gasteiger charge is -2.18. The van der Waals surface area contributed by atoms with Crippen molar-refractivity contribution in [3.05, 3.63) is 88.2 Å². The summed E-state index contributed by atoms with van der Waals surface area (Å²) >= 11 is 1.31. The number of hydrogen-bond donors (Lipinski definition) is 1. The summed E-state index contributed by atoms with van der Waals surface area (Å²) in [5, 5.41) is 3.56. The molecule has 1 aliphatic rings. The van der Waals surface area contributed by atoms with Gasteiger partial charge in [0, 0.05) is 18.3 Å². The summed E-state index contributed by atoms with van der Waals surface area (Å²) in [4.78, 5) is 31.6. The molecular formula is C28H27N3O4S. The Kier molecular flexibility index (Phi) is 6.95. The van der Waals surface area contributed by atoms with Gasteiger partial charge in [-0.1, -0.05) is 61.2 Å². The zero-order valence-corrected chi connectivity index (χ0v) is 21.0. The summed E-state index contributed by atoms with van der Waals surface area (Å²) in [5.74, 6) is 0.986. The fraction of sp³-hybridized carbons (Fsp3) is 0.250. The number of nitrogens with one attached hydrogen (secondary N) is 1.